The normalized spacial score (nSPS) is 17.3. The van der Waals surface area contributed by atoms with Crippen LogP contribution in [-0.4, -0.2) is 37.9 Å². The van der Waals surface area contributed by atoms with E-state index in [2.05, 4.69) is 29.0 Å². The number of likely N-dealkylation sites (tertiary alicyclic amines) is 1. The van der Waals surface area contributed by atoms with Gasteiger partial charge in [0.25, 0.3) is 5.91 Å². The lowest BCUT2D eigenvalue weighted by molar-refractivity contribution is 0.0502. The predicted molar refractivity (Wildman–Crippen MR) is 88.2 cm³/mol. The monoisotopic (exact) mass is 306 g/mol. The lowest BCUT2D eigenvalue weighted by atomic mass is 10.0. The summed E-state index contributed by atoms with van der Waals surface area (Å²) in [6, 6.07) is 12.4. The summed E-state index contributed by atoms with van der Waals surface area (Å²) < 4.78 is 2.01. The molecule has 3 heterocycles. The Morgan fingerprint density at radius 1 is 1.26 bits per heavy atom. The first-order valence-electron chi connectivity index (χ1n) is 7.88. The van der Waals surface area contributed by atoms with Gasteiger partial charge in [0.2, 0.25) is 0 Å². The van der Waals surface area contributed by atoms with Gasteiger partial charge in [-0.15, -0.1) is 0 Å². The van der Waals surface area contributed by atoms with Gasteiger partial charge in [0.05, 0.1) is 18.4 Å². The average Bonchev–Trinajstić information content (AvgIpc) is 2.96. The third-order valence-corrected chi connectivity index (χ3v) is 4.48. The molecule has 1 aromatic carbocycles. The fourth-order valence-electron chi connectivity index (χ4n) is 2.95. The van der Waals surface area contributed by atoms with E-state index < -0.39 is 0 Å². The Hall–Kier alpha value is -2.69. The summed E-state index contributed by atoms with van der Waals surface area (Å²) in [4.78, 5) is 23.2. The molecule has 1 amide bonds. The van der Waals surface area contributed by atoms with Gasteiger partial charge in [-0.25, -0.2) is 9.97 Å². The van der Waals surface area contributed by atoms with Crippen LogP contribution in [0.1, 0.15) is 29.3 Å². The second-order valence-corrected chi connectivity index (χ2v) is 6.06. The van der Waals surface area contributed by atoms with Gasteiger partial charge in [-0.1, -0.05) is 30.3 Å². The highest BCUT2D eigenvalue weighted by Gasteiger charge is 2.29. The number of nitrogens with zero attached hydrogens (tertiary/aromatic N) is 4. The first-order chi connectivity index (χ1) is 11.2. The highest BCUT2D eigenvalue weighted by atomic mass is 16.2. The summed E-state index contributed by atoms with van der Waals surface area (Å²) in [5, 5.41) is 0. The smallest absolute Gasteiger partial charge is 0.255 e. The zero-order chi connectivity index (χ0) is 15.8. The third kappa shape index (κ3) is 2.48. The predicted octanol–water partition coefficient (Wildman–Crippen LogP) is 2.71. The summed E-state index contributed by atoms with van der Waals surface area (Å²) in [6.45, 7) is 3.63. The quantitative estimate of drug-likeness (QED) is 0.747. The molecule has 0 saturated carbocycles. The lowest BCUT2D eigenvalue weighted by Crippen LogP contribution is -2.49. The first-order valence-corrected chi connectivity index (χ1v) is 7.88. The molecule has 1 aliphatic heterocycles. The molecule has 5 nitrogen and oxygen atoms in total. The minimum Gasteiger partial charge on any atom is -0.336 e. The molecule has 1 saturated heterocycles. The molecule has 1 atom stereocenters. The number of hydrogen-bond donors (Lipinski definition) is 0. The van der Waals surface area contributed by atoms with E-state index >= 15 is 0 Å². The number of pyridine rings is 1. The number of imidazole rings is 1. The summed E-state index contributed by atoms with van der Waals surface area (Å²) in [7, 11) is 0. The largest absolute Gasteiger partial charge is 0.336 e. The van der Waals surface area contributed by atoms with Gasteiger partial charge in [-0.2, -0.15) is 0 Å². The summed E-state index contributed by atoms with van der Waals surface area (Å²) >= 11 is 0. The number of benzene rings is 1. The van der Waals surface area contributed by atoms with E-state index in [1.54, 1.807) is 12.5 Å². The highest BCUT2D eigenvalue weighted by Crippen LogP contribution is 2.21. The summed E-state index contributed by atoms with van der Waals surface area (Å²) in [6.07, 6.45) is 4.52. The van der Waals surface area contributed by atoms with Gasteiger partial charge in [-0.3, -0.25) is 4.79 Å². The number of amides is 1. The van der Waals surface area contributed by atoms with Crippen LogP contribution in [-0.2, 0) is 6.54 Å². The molecule has 4 rings (SSSR count). The Bertz CT molecular complexity index is 856. The van der Waals surface area contributed by atoms with Crippen molar-refractivity contribution in [2.24, 2.45) is 0 Å². The fraction of sp³-hybridized carbons (Fsp3) is 0.278. The molecule has 1 aliphatic rings. The molecule has 0 aliphatic carbocycles. The Kier molecular flexibility index (Phi) is 3.33. The molecule has 23 heavy (non-hydrogen) atoms. The molecule has 1 fully saturated rings. The molecule has 0 bridgehead atoms. The SMILES string of the molecule is CC1CCN1C(=O)c1cnc2c(c1)ncn2Cc1ccccc1. The van der Waals surface area contributed by atoms with Crippen LogP contribution in [0.15, 0.2) is 48.9 Å². The fourth-order valence-corrected chi connectivity index (χ4v) is 2.95. The van der Waals surface area contributed by atoms with Crippen LogP contribution >= 0.6 is 0 Å². The minimum absolute atomic E-state index is 0.0516. The summed E-state index contributed by atoms with van der Waals surface area (Å²) in [5.41, 5.74) is 3.39. The van der Waals surface area contributed by atoms with Crippen molar-refractivity contribution in [1.29, 1.82) is 0 Å². The molecule has 0 N–H and O–H groups in total. The van der Waals surface area contributed by atoms with E-state index in [1.807, 2.05) is 33.7 Å². The molecule has 1 unspecified atom stereocenters. The van der Waals surface area contributed by atoms with Crippen molar-refractivity contribution < 1.29 is 4.79 Å². The van der Waals surface area contributed by atoms with E-state index in [0.29, 0.717) is 11.6 Å². The van der Waals surface area contributed by atoms with E-state index in [0.717, 1.165) is 30.7 Å². The number of carbonyl (C=O) groups is 1. The zero-order valence-electron chi connectivity index (χ0n) is 13.0. The van der Waals surface area contributed by atoms with Gasteiger partial charge in [0.15, 0.2) is 5.65 Å². The second-order valence-electron chi connectivity index (χ2n) is 6.06. The first kappa shape index (κ1) is 13.9. The van der Waals surface area contributed by atoms with Crippen LogP contribution in [0.25, 0.3) is 11.2 Å². The van der Waals surface area contributed by atoms with Gasteiger partial charge in [-0.05, 0) is 25.0 Å². The maximum absolute atomic E-state index is 12.4. The van der Waals surface area contributed by atoms with Crippen molar-refractivity contribution >= 4 is 17.1 Å². The number of fused-ring (bicyclic) bond motifs is 1. The average molecular weight is 306 g/mol. The summed E-state index contributed by atoms with van der Waals surface area (Å²) in [5.74, 6) is 0.0516. The number of hydrogen-bond acceptors (Lipinski definition) is 3. The lowest BCUT2D eigenvalue weighted by Gasteiger charge is -2.38. The molecule has 2 aromatic heterocycles. The molecule has 5 heteroatoms. The van der Waals surface area contributed by atoms with E-state index in [4.69, 9.17) is 0 Å². The van der Waals surface area contributed by atoms with Crippen molar-refractivity contribution in [2.45, 2.75) is 25.9 Å². The third-order valence-electron chi connectivity index (χ3n) is 4.48. The van der Waals surface area contributed by atoms with Crippen molar-refractivity contribution in [3.05, 3.63) is 60.0 Å². The highest BCUT2D eigenvalue weighted by molar-refractivity contribution is 5.97. The molecule has 3 aromatic rings. The number of aromatic nitrogens is 3. The van der Waals surface area contributed by atoms with Crippen LogP contribution < -0.4 is 0 Å². The molecular formula is C18H18N4O. The molecule has 0 spiro atoms. The number of carbonyl (C=O) groups excluding carboxylic acids is 1. The van der Waals surface area contributed by atoms with Crippen molar-refractivity contribution in [3.63, 3.8) is 0 Å². The Morgan fingerprint density at radius 2 is 2.09 bits per heavy atom. The Labute approximate surface area is 134 Å². The minimum atomic E-state index is 0.0516. The number of rotatable bonds is 3. The van der Waals surface area contributed by atoms with Crippen LogP contribution in [0.3, 0.4) is 0 Å². The van der Waals surface area contributed by atoms with Gasteiger partial charge in [0.1, 0.15) is 5.52 Å². The topological polar surface area (TPSA) is 51.0 Å². The van der Waals surface area contributed by atoms with Crippen LogP contribution in [0.4, 0.5) is 0 Å². The van der Waals surface area contributed by atoms with Crippen molar-refractivity contribution in [2.75, 3.05) is 6.54 Å². The molecule has 116 valence electrons. The van der Waals surface area contributed by atoms with Crippen LogP contribution in [0, 0.1) is 0 Å². The van der Waals surface area contributed by atoms with Crippen molar-refractivity contribution in [1.82, 2.24) is 19.4 Å². The van der Waals surface area contributed by atoms with Crippen LogP contribution in [0.5, 0.6) is 0 Å². The zero-order valence-corrected chi connectivity index (χ0v) is 13.0. The van der Waals surface area contributed by atoms with E-state index in [-0.39, 0.29) is 5.91 Å². The van der Waals surface area contributed by atoms with Gasteiger partial charge >= 0.3 is 0 Å². The molecule has 0 radical (unpaired) electrons. The van der Waals surface area contributed by atoms with E-state index in [9.17, 15) is 4.79 Å². The van der Waals surface area contributed by atoms with Crippen molar-refractivity contribution in [3.8, 4) is 0 Å². The molecular weight excluding hydrogens is 288 g/mol. The second kappa shape index (κ2) is 5.50. The Balaban J connectivity index is 1.62. The van der Waals surface area contributed by atoms with Crippen LogP contribution in [0.2, 0.25) is 0 Å². The van der Waals surface area contributed by atoms with E-state index in [1.165, 1.54) is 5.56 Å². The standard InChI is InChI=1S/C18H18N4O/c1-13-7-8-22(13)18(23)15-9-16-17(19-10-15)21(12-20-16)11-14-5-3-2-4-6-14/h2-6,9-10,12-13H,7-8,11H2,1H3. The Morgan fingerprint density at radius 3 is 2.78 bits per heavy atom. The maximum Gasteiger partial charge on any atom is 0.255 e. The maximum atomic E-state index is 12.4. The van der Waals surface area contributed by atoms with Gasteiger partial charge in [0, 0.05) is 18.8 Å². The van der Waals surface area contributed by atoms with Gasteiger partial charge < -0.3 is 9.47 Å².